The van der Waals surface area contributed by atoms with Gasteiger partial charge in [-0.25, -0.2) is 9.50 Å². The fourth-order valence-electron chi connectivity index (χ4n) is 4.06. The van der Waals surface area contributed by atoms with Gasteiger partial charge in [-0.15, -0.1) is 5.10 Å². The van der Waals surface area contributed by atoms with Gasteiger partial charge in [-0.3, -0.25) is 9.69 Å². The molecule has 0 spiro atoms. The van der Waals surface area contributed by atoms with Crippen molar-refractivity contribution < 1.29 is 4.79 Å². The Labute approximate surface area is 193 Å². The van der Waals surface area contributed by atoms with Gasteiger partial charge in [-0.2, -0.15) is 4.98 Å². The number of likely N-dealkylation sites (N-methyl/N-ethyl adjacent to an activating group) is 1. The van der Waals surface area contributed by atoms with E-state index in [1.165, 1.54) is 17.3 Å². The Balaban J connectivity index is 1.37. The van der Waals surface area contributed by atoms with E-state index in [2.05, 4.69) is 61.5 Å². The molecule has 1 aliphatic rings. The first kappa shape index (κ1) is 22.7. The van der Waals surface area contributed by atoms with Gasteiger partial charge in [-0.1, -0.05) is 36.0 Å². The van der Waals surface area contributed by atoms with E-state index in [4.69, 9.17) is 0 Å². The van der Waals surface area contributed by atoms with Crippen LogP contribution in [0.3, 0.4) is 0 Å². The lowest BCUT2D eigenvalue weighted by molar-refractivity contribution is -0.120. The Morgan fingerprint density at radius 3 is 2.62 bits per heavy atom. The number of benzene rings is 1. The summed E-state index contributed by atoms with van der Waals surface area (Å²) in [5.41, 5.74) is 5.03. The summed E-state index contributed by atoms with van der Waals surface area (Å²) in [6.07, 6.45) is 2.21. The van der Waals surface area contributed by atoms with Gasteiger partial charge in [0.25, 0.3) is 5.78 Å². The molecule has 0 aliphatic carbocycles. The lowest BCUT2D eigenvalue weighted by Crippen LogP contribution is -2.43. The normalized spacial score (nSPS) is 15.4. The van der Waals surface area contributed by atoms with Crippen LogP contribution in [-0.4, -0.2) is 74.8 Å². The number of hydrogen-bond donors (Lipinski definition) is 1. The number of amides is 1. The molecular formula is C23H31N7OS. The molecule has 1 amide bonds. The molecule has 3 aromatic rings. The molecule has 3 heterocycles. The second-order valence-corrected chi connectivity index (χ2v) is 9.20. The second-order valence-electron chi connectivity index (χ2n) is 8.42. The molecule has 8 nitrogen and oxygen atoms in total. The highest BCUT2D eigenvalue weighted by molar-refractivity contribution is 7.98. The van der Waals surface area contributed by atoms with Crippen LogP contribution in [0.25, 0.3) is 5.78 Å². The van der Waals surface area contributed by atoms with E-state index >= 15 is 0 Å². The highest BCUT2D eigenvalue weighted by atomic mass is 32.2. The minimum absolute atomic E-state index is 0.0213. The van der Waals surface area contributed by atoms with Crippen LogP contribution in [0.15, 0.2) is 29.4 Å². The zero-order valence-electron chi connectivity index (χ0n) is 19.3. The van der Waals surface area contributed by atoms with Crippen molar-refractivity contribution in [2.75, 3.05) is 39.5 Å². The SMILES string of the molecule is CSc1nc2nc(C)c(CC(=O)NCc3cccc(CN4CCN(C)CC4)c3)c(C)n2n1. The number of thioether (sulfide) groups is 1. The molecule has 0 bridgehead atoms. The van der Waals surface area contributed by atoms with Crippen LogP contribution >= 0.6 is 11.8 Å². The topological polar surface area (TPSA) is 78.7 Å². The predicted octanol–water partition coefficient (Wildman–Crippen LogP) is 2.07. The van der Waals surface area contributed by atoms with E-state index in [0.717, 1.165) is 55.2 Å². The number of carbonyl (C=O) groups is 1. The maximum absolute atomic E-state index is 12.7. The standard InChI is InChI=1S/C23H31N7OS/c1-16-20(17(2)30-22(25-16)26-23(27-30)32-4)13-21(31)24-14-18-6-5-7-19(12-18)15-29-10-8-28(3)9-11-29/h5-7,12H,8-11,13-15H2,1-4H3,(H,24,31). The van der Waals surface area contributed by atoms with Gasteiger partial charge in [-0.05, 0) is 38.3 Å². The molecule has 1 fully saturated rings. The number of aromatic nitrogens is 4. The Hall–Kier alpha value is -2.49. The molecule has 1 aliphatic heterocycles. The van der Waals surface area contributed by atoms with Crippen LogP contribution in [0.5, 0.6) is 0 Å². The summed E-state index contributed by atoms with van der Waals surface area (Å²) in [6.45, 7) is 9.77. The third-order valence-electron chi connectivity index (χ3n) is 6.03. The van der Waals surface area contributed by atoms with Crippen LogP contribution in [0.2, 0.25) is 0 Å². The summed E-state index contributed by atoms with van der Waals surface area (Å²) < 4.78 is 1.73. The van der Waals surface area contributed by atoms with Crippen molar-refractivity contribution in [3.05, 3.63) is 52.3 Å². The molecular weight excluding hydrogens is 422 g/mol. The molecule has 2 aromatic heterocycles. The highest BCUT2D eigenvalue weighted by Crippen LogP contribution is 2.17. The first-order valence-corrected chi connectivity index (χ1v) is 12.2. The van der Waals surface area contributed by atoms with Crippen molar-refractivity contribution in [2.45, 2.75) is 38.5 Å². The zero-order chi connectivity index (χ0) is 22.7. The zero-order valence-corrected chi connectivity index (χ0v) is 20.1. The molecule has 1 saturated heterocycles. The molecule has 1 N–H and O–H groups in total. The quantitative estimate of drug-likeness (QED) is 0.549. The number of fused-ring (bicyclic) bond motifs is 1. The van der Waals surface area contributed by atoms with E-state index in [0.29, 0.717) is 17.5 Å². The van der Waals surface area contributed by atoms with Crippen molar-refractivity contribution >= 4 is 23.4 Å². The van der Waals surface area contributed by atoms with Crippen LogP contribution in [0.4, 0.5) is 0 Å². The maximum Gasteiger partial charge on any atom is 0.253 e. The largest absolute Gasteiger partial charge is 0.352 e. The van der Waals surface area contributed by atoms with E-state index in [1.54, 1.807) is 4.52 Å². The molecule has 0 radical (unpaired) electrons. The van der Waals surface area contributed by atoms with Crippen molar-refractivity contribution in [3.8, 4) is 0 Å². The molecule has 4 rings (SSSR count). The Morgan fingerprint density at radius 1 is 1.12 bits per heavy atom. The van der Waals surface area contributed by atoms with Crippen LogP contribution < -0.4 is 5.32 Å². The van der Waals surface area contributed by atoms with E-state index in [-0.39, 0.29) is 12.3 Å². The van der Waals surface area contributed by atoms with Gasteiger partial charge in [0.1, 0.15) is 0 Å². The molecule has 0 saturated carbocycles. The number of piperazine rings is 1. The van der Waals surface area contributed by atoms with Crippen LogP contribution in [-0.2, 0) is 24.3 Å². The number of rotatable bonds is 7. The fourth-order valence-corrected chi connectivity index (χ4v) is 4.39. The number of nitrogens with zero attached hydrogens (tertiary/aromatic N) is 6. The van der Waals surface area contributed by atoms with Gasteiger partial charge >= 0.3 is 0 Å². The summed E-state index contributed by atoms with van der Waals surface area (Å²) in [4.78, 5) is 26.5. The smallest absolute Gasteiger partial charge is 0.253 e. The van der Waals surface area contributed by atoms with Gasteiger partial charge < -0.3 is 10.2 Å². The summed E-state index contributed by atoms with van der Waals surface area (Å²) in [5, 5.41) is 8.21. The maximum atomic E-state index is 12.7. The number of nitrogens with one attached hydrogen (secondary N) is 1. The van der Waals surface area contributed by atoms with Crippen molar-refractivity contribution in [1.82, 2.24) is 34.7 Å². The summed E-state index contributed by atoms with van der Waals surface area (Å²) in [5.74, 6) is 0.553. The van der Waals surface area contributed by atoms with Gasteiger partial charge in [0.15, 0.2) is 0 Å². The summed E-state index contributed by atoms with van der Waals surface area (Å²) in [6, 6.07) is 8.50. The molecule has 170 valence electrons. The molecule has 1 aromatic carbocycles. The van der Waals surface area contributed by atoms with Crippen LogP contribution in [0, 0.1) is 13.8 Å². The third kappa shape index (κ3) is 5.28. The number of hydrogen-bond acceptors (Lipinski definition) is 7. The summed E-state index contributed by atoms with van der Waals surface area (Å²) in [7, 11) is 2.17. The van der Waals surface area contributed by atoms with Crippen LogP contribution in [0.1, 0.15) is 28.1 Å². The first-order valence-electron chi connectivity index (χ1n) is 10.9. The lowest BCUT2D eigenvalue weighted by Gasteiger charge is -2.32. The molecule has 9 heteroatoms. The Bertz CT molecular complexity index is 1110. The average Bonchev–Trinajstić information content (AvgIpc) is 3.20. The first-order chi connectivity index (χ1) is 15.4. The Morgan fingerprint density at radius 2 is 1.88 bits per heavy atom. The van der Waals surface area contributed by atoms with E-state index in [9.17, 15) is 4.79 Å². The lowest BCUT2D eigenvalue weighted by atomic mass is 10.1. The minimum Gasteiger partial charge on any atom is -0.352 e. The number of aryl methyl sites for hydroxylation is 2. The predicted molar refractivity (Wildman–Crippen MR) is 127 cm³/mol. The number of carbonyl (C=O) groups excluding carboxylic acids is 1. The average molecular weight is 454 g/mol. The van der Waals surface area contributed by atoms with Gasteiger partial charge in [0.05, 0.1) is 6.42 Å². The summed E-state index contributed by atoms with van der Waals surface area (Å²) >= 11 is 1.48. The molecule has 0 unspecified atom stereocenters. The molecule has 32 heavy (non-hydrogen) atoms. The van der Waals surface area contributed by atoms with Crippen molar-refractivity contribution in [3.63, 3.8) is 0 Å². The highest BCUT2D eigenvalue weighted by Gasteiger charge is 2.16. The minimum atomic E-state index is -0.0213. The van der Waals surface area contributed by atoms with Crippen molar-refractivity contribution in [1.29, 1.82) is 0 Å². The van der Waals surface area contributed by atoms with E-state index < -0.39 is 0 Å². The second kappa shape index (κ2) is 9.97. The van der Waals surface area contributed by atoms with E-state index in [1.807, 2.05) is 20.1 Å². The van der Waals surface area contributed by atoms with Crippen molar-refractivity contribution in [2.24, 2.45) is 0 Å². The van der Waals surface area contributed by atoms with Gasteiger partial charge in [0.2, 0.25) is 11.1 Å². The monoisotopic (exact) mass is 453 g/mol. The fraction of sp³-hybridized carbons (Fsp3) is 0.478. The third-order valence-corrected chi connectivity index (χ3v) is 6.57. The molecule has 0 atom stereocenters. The Kier molecular flexibility index (Phi) is 7.07. The van der Waals surface area contributed by atoms with Gasteiger partial charge in [0, 0.05) is 56.2 Å².